The molecule has 7 nitrogen and oxygen atoms in total. The van der Waals surface area contributed by atoms with Crippen molar-refractivity contribution in [2.45, 2.75) is 25.9 Å². The number of nitrogens with one attached hydrogen (secondary N) is 1. The lowest BCUT2D eigenvalue weighted by Crippen LogP contribution is -2.35. The van der Waals surface area contributed by atoms with Gasteiger partial charge in [-0.2, -0.15) is 0 Å². The molecule has 154 valence electrons. The predicted octanol–water partition coefficient (Wildman–Crippen LogP) is 2.95. The Morgan fingerprint density at radius 2 is 1.79 bits per heavy atom. The zero-order valence-corrected chi connectivity index (χ0v) is 16.9. The molecule has 2 amide bonds. The Kier molecular flexibility index (Phi) is 6.59. The number of nitrogens with zero attached hydrogens (tertiary/aromatic N) is 1. The molecule has 0 aromatic heterocycles. The Labute approximate surface area is 170 Å². The summed E-state index contributed by atoms with van der Waals surface area (Å²) < 4.78 is 15.9. The van der Waals surface area contributed by atoms with Crippen LogP contribution < -0.4 is 19.7 Å². The Hall–Kier alpha value is -3.22. The molecule has 1 fully saturated rings. The highest BCUT2D eigenvalue weighted by Crippen LogP contribution is 2.27. The van der Waals surface area contributed by atoms with Gasteiger partial charge in [-0.1, -0.05) is 25.1 Å². The van der Waals surface area contributed by atoms with Gasteiger partial charge in [-0.25, -0.2) is 4.79 Å². The average Bonchev–Trinajstić information content (AvgIpc) is 3.12. The van der Waals surface area contributed by atoms with Crippen LogP contribution >= 0.6 is 0 Å². The van der Waals surface area contributed by atoms with E-state index in [2.05, 4.69) is 12.2 Å². The minimum absolute atomic E-state index is 0.154. The first kappa shape index (κ1) is 20.5. The smallest absolute Gasteiger partial charge is 0.414 e. The number of hydrogen-bond acceptors (Lipinski definition) is 5. The van der Waals surface area contributed by atoms with E-state index >= 15 is 0 Å². The first-order chi connectivity index (χ1) is 14.0. The van der Waals surface area contributed by atoms with Gasteiger partial charge in [0.2, 0.25) is 5.91 Å². The second-order valence-electron chi connectivity index (χ2n) is 6.81. The summed E-state index contributed by atoms with van der Waals surface area (Å²) in [6, 6.07) is 13.2. The van der Waals surface area contributed by atoms with Crippen LogP contribution in [-0.4, -0.2) is 45.4 Å². The van der Waals surface area contributed by atoms with Gasteiger partial charge < -0.3 is 19.5 Å². The number of hydrogen-bond donors (Lipinski definition) is 1. The Morgan fingerprint density at radius 1 is 1.10 bits per heavy atom. The first-order valence-corrected chi connectivity index (χ1v) is 9.58. The molecule has 2 aromatic carbocycles. The molecule has 29 heavy (non-hydrogen) atoms. The maximum Gasteiger partial charge on any atom is 0.414 e. The van der Waals surface area contributed by atoms with Gasteiger partial charge in [0, 0.05) is 5.69 Å². The van der Waals surface area contributed by atoms with Gasteiger partial charge >= 0.3 is 6.09 Å². The summed E-state index contributed by atoms with van der Waals surface area (Å²) >= 11 is 0. The lowest BCUT2D eigenvalue weighted by Gasteiger charge is -2.14. The first-order valence-electron chi connectivity index (χ1n) is 9.58. The third-order valence-corrected chi connectivity index (χ3v) is 4.87. The zero-order chi connectivity index (χ0) is 20.8. The number of benzene rings is 2. The van der Waals surface area contributed by atoms with Crippen LogP contribution in [0.25, 0.3) is 0 Å². The normalized spacial score (nSPS) is 15.8. The summed E-state index contributed by atoms with van der Waals surface area (Å²) in [5.41, 5.74) is 2.81. The van der Waals surface area contributed by atoms with Gasteiger partial charge in [0.1, 0.15) is 6.10 Å². The largest absolute Gasteiger partial charge is 0.493 e. The number of cyclic esters (lactones) is 1. The molecule has 1 aliphatic heterocycles. The van der Waals surface area contributed by atoms with E-state index in [-0.39, 0.29) is 25.0 Å². The number of ether oxygens (including phenoxy) is 3. The van der Waals surface area contributed by atoms with E-state index in [1.165, 1.54) is 5.56 Å². The molecule has 1 aliphatic rings. The molecule has 1 unspecified atom stereocenters. The highest BCUT2D eigenvalue weighted by molar-refractivity contribution is 5.89. The van der Waals surface area contributed by atoms with Crippen molar-refractivity contribution in [3.8, 4) is 11.5 Å². The molecule has 7 heteroatoms. The number of carbonyl (C=O) groups is 2. The summed E-state index contributed by atoms with van der Waals surface area (Å²) in [6.07, 6.45) is 0.360. The van der Waals surface area contributed by atoms with Crippen LogP contribution in [-0.2, 0) is 22.4 Å². The molecule has 1 N–H and O–H groups in total. The predicted molar refractivity (Wildman–Crippen MR) is 110 cm³/mol. The van der Waals surface area contributed by atoms with Gasteiger partial charge in [0.05, 0.1) is 33.7 Å². The van der Waals surface area contributed by atoms with Gasteiger partial charge in [-0.15, -0.1) is 0 Å². The number of methoxy groups -OCH3 is 2. The van der Waals surface area contributed by atoms with Crippen LogP contribution in [0, 0.1) is 0 Å². The lowest BCUT2D eigenvalue weighted by atomic mass is 10.1. The van der Waals surface area contributed by atoms with Crippen molar-refractivity contribution in [1.29, 1.82) is 0 Å². The van der Waals surface area contributed by atoms with Crippen molar-refractivity contribution >= 4 is 17.7 Å². The van der Waals surface area contributed by atoms with Gasteiger partial charge in [0.25, 0.3) is 0 Å². The van der Waals surface area contributed by atoms with E-state index in [1.54, 1.807) is 31.3 Å². The summed E-state index contributed by atoms with van der Waals surface area (Å²) in [5, 5.41) is 2.84. The maximum absolute atomic E-state index is 12.3. The van der Waals surface area contributed by atoms with Crippen molar-refractivity contribution in [2.75, 3.05) is 32.2 Å². The molecular weight excluding hydrogens is 372 g/mol. The van der Waals surface area contributed by atoms with Crippen molar-refractivity contribution in [1.82, 2.24) is 5.32 Å². The Balaban J connectivity index is 1.52. The number of carbonyl (C=O) groups excluding carboxylic acids is 2. The topological polar surface area (TPSA) is 77.1 Å². The monoisotopic (exact) mass is 398 g/mol. The minimum Gasteiger partial charge on any atom is -0.493 e. The number of anilines is 1. The molecule has 3 rings (SSSR count). The number of amides is 2. The van der Waals surface area contributed by atoms with Crippen LogP contribution in [0.15, 0.2) is 42.5 Å². The highest BCUT2D eigenvalue weighted by Gasteiger charge is 2.32. The molecule has 1 heterocycles. The van der Waals surface area contributed by atoms with E-state index in [0.717, 1.165) is 17.7 Å². The lowest BCUT2D eigenvalue weighted by molar-refractivity contribution is -0.120. The second kappa shape index (κ2) is 9.32. The van der Waals surface area contributed by atoms with Crippen LogP contribution in [0.5, 0.6) is 11.5 Å². The molecule has 0 aliphatic carbocycles. The molecule has 0 saturated carbocycles. The maximum atomic E-state index is 12.3. The fraction of sp³-hybridized carbons (Fsp3) is 0.364. The summed E-state index contributed by atoms with van der Waals surface area (Å²) in [5.74, 6) is 1.04. The van der Waals surface area contributed by atoms with Crippen LogP contribution in [0.4, 0.5) is 10.5 Å². The molecule has 0 bridgehead atoms. The van der Waals surface area contributed by atoms with E-state index in [1.807, 2.05) is 30.3 Å². The van der Waals surface area contributed by atoms with Crippen molar-refractivity contribution in [3.05, 3.63) is 53.6 Å². The second-order valence-corrected chi connectivity index (χ2v) is 6.81. The summed E-state index contributed by atoms with van der Waals surface area (Å²) in [6.45, 7) is 2.75. The number of rotatable bonds is 8. The fourth-order valence-corrected chi connectivity index (χ4v) is 3.22. The Bertz CT molecular complexity index is 866. The third-order valence-electron chi connectivity index (χ3n) is 4.87. The van der Waals surface area contributed by atoms with Gasteiger partial charge in [-0.3, -0.25) is 9.69 Å². The third kappa shape index (κ3) is 4.99. The van der Waals surface area contributed by atoms with Crippen molar-refractivity contribution in [2.24, 2.45) is 0 Å². The molecule has 1 atom stereocenters. The standard InChI is InChI=1S/C22H26N2O5/c1-4-15-5-8-17(9-6-15)24-14-18(29-22(24)26)13-23-21(25)12-16-7-10-19(27-2)20(11-16)28-3/h5-11,18H,4,12-14H2,1-3H3,(H,23,25). The average molecular weight is 398 g/mol. The van der Waals surface area contributed by atoms with Gasteiger partial charge in [-0.05, 0) is 41.8 Å². The van der Waals surface area contributed by atoms with Crippen LogP contribution in [0.3, 0.4) is 0 Å². The molecule has 2 aromatic rings. The fourth-order valence-electron chi connectivity index (χ4n) is 3.22. The van der Waals surface area contributed by atoms with E-state index in [4.69, 9.17) is 14.2 Å². The van der Waals surface area contributed by atoms with Crippen molar-refractivity contribution < 1.29 is 23.8 Å². The zero-order valence-electron chi connectivity index (χ0n) is 16.9. The Morgan fingerprint density at radius 3 is 2.45 bits per heavy atom. The van der Waals surface area contributed by atoms with Crippen molar-refractivity contribution in [3.63, 3.8) is 0 Å². The van der Waals surface area contributed by atoms with E-state index in [9.17, 15) is 9.59 Å². The minimum atomic E-state index is -0.395. The van der Waals surface area contributed by atoms with Crippen LogP contribution in [0.2, 0.25) is 0 Å². The van der Waals surface area contributed by atoms with E-state index < -0.39 is 6.09 Å². The molecule has 1 saturated heterocycles. The molecule has 0 spiro atoms. The summed E-state index contributed by atoms with van der Waals surface area (Å²) in [7, 11) is 3.12. The number of aryl methyl sites for hydroxylation is 1. The SMILES string of the molecule is CCc1ccc(N2CC(CNC(=O)Cc3ccc(OC)c(OC)c3)OC2=O)cc1. The van der Waals surface area contributed by atoms with E-state index in [0.29, 0.717) is 18.0 Å². The van der Waals surface area contributed by atoms with Gasteiger partial charge in [0.15, 0.2) is 11.5 Å². The molecule has 0 radical (unpaired) electrons. The highest BCUT2D eigenvalue weighted by atomic mass is 16.6. The molecular formula is C22H26N2O5. The van der Waals surface area contributed by atoms with Crippen LogP contribution in [0.1, 0.15) is 18.1 Å². The quantitative estimate of drug-likeness (QED) is 0.740. The summed E-state index contributed by atoms with van der Waals surface area (Å²) in [4.78, 5) is 26.0.